The monoisotopic (exact) mass is 695 g/mol. The Morgan fingerprint density at radius 1 is 0.333 bits per heavy atom. The van der Waals surface area contributed by atoms with Gasteiger partial charge in [-0.15, -0.1) is 0 Å². The standard InChI is InChI=1S/C49H29NO4/c51-48-39-15-5-7-19-44(39)52-46-28-33(20-23-40(46)48)31-11-8-10-30(26-31)32-21-25-45-41(27-32)37-24-22-35(29-47(37)53-45)50(34-12-2-1-3-13-34)42-17-9-16-38-36-14-4-6-18-43(36)54-49(38)42/h1-29H. The second-order valence-corrected chi connectivity index (χ2v) is 13.6. The molecule has 11 rings (SSSR count). The Labute approximate surface area is 308 Å². The lowest BCUT2D eigenvalue weighted by Crippen LogP contribution is -2.09. The average molecular weight is 696 g/mol. The van der Waals surface area contributed by atoms with Gasteiger partial charge in [0.15, 0.2) is 5.58 Å². The van der Waals surface area contributed by atoms with Crippen LogP contribution in [0, 0.1) is 0 Å². The van der Waals surface area contributed by atoms with Crippen LogP contribution in [0.4, 0.5) is 17.1 Å². The average Bonchev–Trinajstić information content (AvgIpc) is 3.79. The molecule has 3 aromatic heterocycles. The predicted octanol–water partition coefficient (Wildman–Crippen LogP) is 13.5. The first kappa shape index (κ1) is 30.3. The molecule has 0 unspecified atom stereocenters. The number of benzene rings is 8. The summed E-state index contributed by atoms with van der Waals surface area (Å²) in [5.41, 5.74) is 11.6. The molecule has 54 heavy (non-hydrogen) atoms. The summed E-state index contributed by atoms with van der Waals surface area (Å²) < 4.78 is 19.2. The van der Waals surface area contributed by atoms with E-state index in [0.717, 1.165) is 83.2 Å². The van der Waals surface area contributed by atoms with Crippen molar-refractivity contribution in [2.45, 2.75) is 0 Å². The molecule has 0 saturated carbocycles. The van der Waals surface area contributed by atoms with Crippen LogP contribution in [0.25, 0.3) is 88.1 Å². The van der Waals surface area contributed by atoms with Crippen LogP contribution >= 0.6 is 0 Å². The highest BCUT2D eigenvalue weighted by atomic mass is 16.3. The fraction of sp³-hybridized carbons (Fsp3) is 0. The Morgan fingerprint density at radius 2 is 0.907 bits per heavy atom. The lowest BCUT2D eigenvalue weighted by Gasteiger charge is -2.25. The minimum Gasteiger partial charge on any atom is -0.456 e. The summed E-state index contributed by atoms with van der Waals surface area (Å²) in [6.07, 6.45) is 0. The van der Waals surface area contributed by atoms with Gasteiger partial charge in [-0.05, 0) is 101 Å². The van der Waals surface area contributed by atoms with Crippen LogP contribution < -0.4 is 10.3 Å². The van der Waals surface area contributed by atoms with E-state index in [1.54, 1.807) is 6.07 Å². The van der Waals surface area contributed by atoms with E-state index in [9.17, 15) is 4.79 Å². The molecule has 0 fully saturated rings. The van der Waals surface area contributed by atoms with E-state index in [1.165, 1.54) is 0 Å². The third-order valence-electron chi connectivity index (χ3n) is 10.5. The first-order valence-corrected chi connectivity index (χ1v) is 17.9. The van der Waals surface area contributed by atoms with Crippen LogP contribution in [-0.4, -0.2) is 0 Å². The first-order valence-electron chi connectivity index (χ1n) is 17.9. The number of para-hydroxylation sites is 4. The third kappa shape index (κ3) is 4.76. The zero-order valence-corrected chi connectivity index (χ0v) is 28.8. The van der Waals surface area contributed by atoms with Crippen molar-refractivity contribution in [3.63, 3.8) is 0 Å². The number of hydrogen-bond donors (Lipinski definition) is 0. The van der Waals surface area contributed by atoms with Gasteiger partial charge in [0.25, 0.3) is 0 Å². The molecule has 0 atom stereocenters. The van der Waals surface area contributed by atoms with Gasteiger partial charge in [0, 0.05) is 33.3 Å². The van der Waals surface area contributed by atoms with Gasteiger partial charge in [0.05, 0.1) is 22.1 Å². The molecule has 254 valence electrons. The molecule has 8 aromatic carbocycles. The highest BCUT2D eigenvalue weighted by molar-refractivity contribution is 6.11. The second kappa shape index (κ2) is 11.8. The molecule has 0 radical (unpaired) electrons. The van der Waals surface area contributed by atoms with E-state index in [1.807, 2.05) is 60.7 Å². The van der Waals surface area contributed by atoms with Gasteiger partial charge in [-0.1, -0.05) is 91.0 Å². The largest absolute Gasteiger partial charge is 0.456 e. The summed E-state index contributed by atoms with van der Waals surface area (Å²) in [6, 6.07) is 59.3. The fourth-order valence-electron chi connectivity index (χ4n) is 7.86. The van der Waals surface area contributed by atoms with Crippen molar-refractivity contribution >= 4 is 82.9 Å². The Balaban J connectivity index is 0.995. The molecule has 0 aliphatic heterocycles. The van der Waals surface area contributed by atoms with Gasteiger partial charge < -0.3 is 18.2 Å². The van der Waals surface area contributed by atoms with E-state index in [0.29, 0.717) is 21.9 Å². The summed E-state index contributed by atoms with van der Waals surface area (Å²) in [5, 5.41) is 5.42. The van der Waals surface area contributed by atoms with Gasteiger partial charge in [0.2, 0.25) is 5.43 Å². The van der Waals surface area contributed by atoms with Crippen LogP contribution in [0.5, 0.6) is 0 Å². The molecule has 5 nitrogen and oxygen atoms in total. The van der Waals surface area contributed by atoms with E-state index < -0.39 is 0 Å². The minimum atomic E-state index is -0.0174. The Morgan fingerprint density at radius 3 is 1.74 bits per heavy atom. The van der Waals surface area contributed by atoms with E-state index in [4.69, 9.17) is 13.3 Å². The van der Waals surface area contributed by atoms with Crippen molar-refractivity contribution in [2.24, 2.45) is 0 Å². The van der Waals surface area contributed by atoms with Crippen molar-refractivity contribution in [3.05, 3.63) is 186 Å². The number of furan rings is 2. The molecule has 0 N–H and O–H groups in total. The van der Waals surface area contributed by atoms with Crippen LogP contribution in [0.2, 0.25) is 0 Å². The molecule has 0 aliphatic carbocycles. The highest BCUT2D eigenvalue weighted by Gasteiger charge is 2.20. The van der Waals surface area contributed by atoms with E-state index in [-0.39, 0.29) is 5.43 Å². The van der Waals surface area contributed by atoms with Crippen LogP contribution in [0.15, 0.2) is 194 Å². The predicted molar refractivity (Wildman–Crippen MR) is 220 cm³/mol. The molecule has 0 bridgehead atoms. The molecule has 0 spiro atoms. The molecule has 5 heteroatoms. The summed E-state index contributed by atoms with van der Waals surface area (Å²) >= 11 is 0. The Bertz CT molecular complexity index is 3320. The lowest BCUT2D eigenvalue weighted by molar-refractivity contribution is 0.660. The summed E-state index contributed by atoms with van der Waals surface area (Å²) in [6.45, 7) is 0. The maximum absolute atomic E-state index is 13.1. The third-order valence-corrected chi connectivity index (χ3v) is 10.5. The lowest BCUT2D eigenvalue weighted by atomic mass is 9.97. The van der Waals surface area contributed by atoms with Crippen LogP contribution in [0.1, 0.15) is 0 Å². The van der Waals surface area contributed by atoms with Crippen molar-refractivity contribution in [2.75, 3.05) is 4.90 Å². The Hall–Kier alpha value is -7.37. The number of fused-ring (bicyclic) bond motifs is 8. The van der Waals surface area contributed by atoms with Crippen molar-refractivity contribution in [3.8, 4) is 22.3 Å². The van der Waals surface area contributed by atoms with Crippen molar-refractivity contribution in [1.82, 2.24) is 0 Å². The summed E-state index contributed by atoms with van der Waals surface area (Å²) in [5.74, 6) is 0. The Kier molecular flexibility index (Phi) is 6.64. The molecular formula is C49H29NO4. The van der Waals surface area contributed by atoms with Gasteiger partial charge in [-0.3, -0.25) is 4.79 Å². The van der Waals surface area contributed by atoms with Gasteiger partial charge >= 0.3 is 0 Å². The quantitative estimate of drug-likeness (QED) is 0.168. The first-order chi connectivity index (χ1) is 26.7. The number of anilines is 3. The molecule has 0 aliphatic rings. The summed E-state index contributed by atoms with van der Waals surface area (Å²) in [7, 11) is 0. The molecule has 0 saturated heterocycles. The summed E-state index contributed by atoms with van der Waals surface area (Å²) in [4.78, 5) is 15.4. The van der Waals surface area contributed by atoms with Crippen LogP contribution in [0.3, 0.4) is 0 Å². The van der Waals surface area contributed by atoms with E-state index >= 15 is 0 Å². The van der Waals surface area contributed by atoms with Gasteiger partial charge in [-0.25, -0.2) is 0 Å². The topological polar surface area (TPSA) is 59.7 Å². The molecule has 0 amide bonds. The number of nitrogens with zero attached hydrogens (tertiary/aromatic N) is 1. The maximum Gasteiger partial charge on any atom is 0.200 e. The minimum absolute atomic E-state index is 0.0174. The molecule has 3 heterocycles. The SMILES string of the molecule is O=c1c2ccccc2oc2cc(-c3cccc(-c4ccc5oc6cc(N(c7ccccc7)c7cccc8c7oc7ccccc78)ccc6c5c4)c3)ccc12. The van der Waals surface area contributed by atoms with E-state index in [2.05, 4.69) is 114 Å². The number of rotatable bonds is 5. The molecular weight excluding hydrogens is 667 g/mol. The fourth-order valence-corrected chi connectivity index (χ4v) is 7.86. The smallest absolute Gasteiger partial charge is 0.200 e. The van der Waals surface area contributed by atoms with Crippen LogP contribution in [-0.2, 0) is 0 Å². The van der Waals surface area contributed by atoms with Gasteiger partial charge in [-0.2, -0.15) is 0 Å². The number of hydrogen-bond acceptors (Lipinski definition) is 5. The van der Waals surface area contributed by atoms with Crippen molar-refractivity contribution < 1.29 is 13.3 Å². The normalized spacial score (nSPS) is 11.8. The zero-order valence-electron chi connectivity index (χ0n) is 28.8. The van der Waals surface area contributed by atoms with Gasteiger partial charge in [0.1, 0.15) is 27.9 Å². The van der Waals surface area contributed by atoms with Crippen molar-refractivity contribution in [1.29, 1.82) is 0 Å². The maximum atomic E-state index is 13.1. The zero-order chi connectivity index (χ0) is 35.8. The molecule has 11 aromatic rings. The second-order valence-electron chi connectivity index (χ2n) is 13.6. The highest BCUT2D eigenvalue weighted by Crippen LogP contribution is 2.44.